The van der Waals surface area contributed by atoms with E-state index in [9.17, 15) is 18.4 Å². The highest BCUT2D eigenvalue weighted by Gasteiger charge is 2.07. The van der Waals surface area contributed by atoms with Crippen LogP contribution in [0.4, 0.5) is 8.78 Å². The number of rotatable bonds is 6. The fraction of sp³-hybridized carbons (Fsp3) is 0.273. The van der Waals surface area contributed by atoms with Gasteiger partial charge in [0.05, 0.1) is 0 Å². The average molecular weight is 259 g/mol. The fourth-order valence-electron chi connectivity index (χ4n) is 1.15. The number of ether oxygens (including phenoxy) is 1. The van der Waals surface area contributed by atoms with Gasteiger partial charge in [-0.15, -0.1) is 0 Å². The number of carbonyl (C=O) groups excluding carboxylic acids is 1. The van der Waals surface area contributed by atoms with E-state index < -0.39 is 36.7 Å². The maximum absolute atomic E-state index is 13.2. The van der Waals surface area contributed by atoms with Crippen LogP contribution in [0.15, 0.2) is 18.2 Å². The van der Waals surface area contributed by atoms with Gasteiger partial charge in [0.15, 0.2) is 0 Å². The van der Waals surface area contributed by atoms with Gasteiger partial charge >= 0.3 is 5.97 Å². The fourth-order valence-corrected chi connectivity index (χ4v) is 1.15. The maximum Gasteiger partial charge on any atom is 0.329 e. The molecule has 2 N–H and O–H groups in total. The summed E-state index contributed by atoms with van der Waals surface area (Å²) in [5.74, 6) is -3.05. The predicted molar refractivity (Wildman–Crippen MR) is 56.7 cm³/mol. The van der Waals surface area contributed by atoms with Crippen LogP contribution in [0.3, 0.4) is 0 Å². The zero-order chi connectivity index (χ0) is 13.5. The normalized spacial score (nSPS) is 10.1. The SMILES string of the molecule is O=C(O)COCC(=O)NCc1cc(F)ccc1F. The molecule has 0 aromatic heterocycles. The monoisotopic (exact) mass is 259 g/mol. The molecule has 1 aromatic carbocycles. The van der Waals surface area contributed by atoms with E-state index >= 15 is 0 Å². The molecule has 18 heavy (non-hydrogen) atoms. The Morgan fingerprint density at radius 1 is 1.28 bits per heavy atom. The molecule has 0 aliphatic heterocycles. The van der Waals surface area contributed by atoms with Crippen molar-refractivity contribution in [3.63, 3.8) is 0 Å². The Morgan fingerprint density at radius 2 is 2.00 bits per heavy atom. The minimum absolute atomic E-state index is 0.00147. The quantitative estimate of drug-likeness (QED) is 0.787. The van der Waals surface area contributed by atoms with Crippen LogP contribution in [0.5, 0.6) is 0 Å². The van der Waals surface area contributed by atoms with Crippen molar-refractivity contribution in [2.75, 3.05) is 13.2 Å². The number of halogens is 2. The van der Waals surface area contributed by atoms with E-state index in [1.54, 1.807) is 0 Å². The molecule has 0 atom stereocenters. The van der Waals surface area contributed by atoms with Crippen LogP contribution in [-0.2, 0) is 20.9 Å². The van der Waals surface area contributed by atoms with Gasteiger partial charge in [-0.3, -0.25) is 4.79 Å². The molecule has 0 fully saturated rings. The molecule has 98 valence electrons. The van der Waals surface area contributed by atoms with Crippen LogP contribution >= 0.6 is 0 Å². The van der Waals surface area contributed by atoms with E-state index in [4.69, 9.17) is 5.11 Å². The van der Waals surface area contributed by atoms with Crippen molar-refractivity contribution in [1.29, 1.82) is 0 Å². The first-order valence-electron chi connectivity index (χ1n) is 4.99. The number of carboxylic acids is 1. The highest BCUT2D eigenvalue weighted by molar-refractivity contribution is 5.77. The molecule has 0 heterocycles. The minimum atomic E-state index is -1.20. The molecule has 0 aliphatic rings. The lowest BCUT2D eigenvalue weighted by atomic mass is 10.2. The van der Waals surface area contributed by atoms with E-state index in [2.05, 4.69) is 10.1 Å². The van der Waals surface area contributed by atoms with E-state index in [1.807, 2.05) is 0 Å². The molecule has 0 aliphatic carbocycles. The summed E-state index contributed by atoms with van der Waals surface area (Å²) < 4.78 is 30.5. The third-order valence-electron chi connectivity index (χ3n) is 1.94. The number of carboxylic acid groups (broad SMARTS) is 1. The zero-order valence-corrected chi connectivity index (χ0v) is 9.28. The van der Waals surface area contributed by atoms with Gasteiger partial charge in [0, 0.05) is 12.1 Å². The van der Waals surface area contributed by atoms with Gasteiger partial charge in [0.1, 0.15) is 24.8 Å². The Hall–Kier alpha value is -2.02. The third-order valence-corrected chi connectivity index (χ3v) is 1.94. The van der Waals surface area contributed by atoms with Crippen LogP contribution in [0.25, 0.3) is 0 Å². The zero-order valence-electron chi connectivity index (χ0n) is 9.28. The van der Waals surface area contributed by atoms with Gasteiger partial charge in [0.25, 0.3) is 0 Å². The summed E-state index contributed by atoms with van der Waals surface area (Å²) in [5, 5.41) is 10.5. The number of carbonyl (C=O) groups is 2. The summed E-state index contributed by atoms with van der Waals surface area (Å²) in [6, 6.07) is 2.89. The van der Waals surface area contributed by atoms with Gasteiger partial charge in [-0.25, -0.2) is 13.6 Å². The molecule has 0 bridgehead atoms. The van der Waals surface area contributed by atoms with Crippen molar-refractivity contribution in [1.82, 2.24) is 5.32 Å². The number of benzene rings is 1. The number of amides is 1. The lowest BCUT2D eigenvalue weighted by Crippen LogP contribution is -2.28. The number of aliphatic carboxylic acids is 1. The first-order valence-corrected chi connectivity index (χ1v) is 4.99. The Bertz CT molecular complexity index is 451. The molecule has 0 radical (unpaired) electrons. The van der Waals surface area contributed by atoms with Crippen molar-refractivity contribution in [2.45, 2.75) is 6.54 Å². The van der Waals surface area contributed by atoms with E-state index in [0.717, 1.165) is 18.2 Å². The van der Waals surface area contributed by atoms with Crippen molar-refractivity contribution >= 4 is 11.9 Å². The topological polar surface area (TPSA) is 75.6 Å². The molecule has 1 rings (SSSR count). The van der Waals surface area contributed by atoms with Gasteiger partial charge < -0.3 is 15.2 Å². The molecular weight excluding hydrogens is 248 g/mol. The maximum atomic E-state index is 13.2. The Balaban J connectivity index is 2.38. The van der Waals surface area contributed by atoms with Crippen molar-refractivity contribution in [3.05, 3.63) is 35.4 Å². The second-order valence-electron chi connectivity index (χ2n) is 3.40. The van der Waals surface area contributed by atoms with Crippen LogP contribution in [0.1, 0.15) is 5.56 Å². The summed E-state index contributed by atoms with van der Waals surface area (Å²) >= 11 is 0. The second-order valence-corrected chi connectivity index (χ2v) is 3.40. The third kappa shape index (κ3) is 4.88. The predicted octanol–water partition coefficient (Wildman–Crippen LogP) is 0.682. The summed E-state index contributed by atoms with van der Waals surface area (Å²) in [4.78, 5) is 21.2. The van der Waals surface area contributed by atoms with Crippen LogP contribution < -0.4 is 5.32 Å². The van der Waals surface area contributed by atoms with Crippen LogP contribution in [-0.4, -0.2) is 30.2 Å². The molecule has 0 saturated carbocycles. The first-order chi connectivity index (χ1) is 8.49. The lowest BCUT2D eigenvalue weighted by Gasteiger charge is -2.06. The van der Waals surface area contributed by atoms with Gasteiger partial charge in [0.2, 0.25) is 5.91 Å². The Kier molecular flexibility index (Phi) is 5.19. The molecule has 7 heteroatoms. The highest BCUT2D eigenvalue weighted by Crippen LogP contribution is 2.08. The molecule has 1 amide bonds. The second kappa shape index (κ2) is 6.65. The molecule has 1 aromatic rings. The lowest BCUT2D eigenvalue weighted by molar-refractivity contribution is -0.143. The van der Waals surface area contributed by atoms with Crippen molar-refractivity contribution in [2.24, 2.45) is 0 Å². The molecule has 0 saturated heterocycles. The van der Waals surface area contributed by atoms with E-state index in [1.165, 1.54) is 0 Å². The summed E-state index contributed by atoms with van der Waals surface area (Å²) in [6.45, 7) is -1.25. The molecule has 0 unspecified atom stereocenters. The first kappa shape index (κ1) is 14.0. The minimum Gasteiger partial charge on any atom is -0.480 e. The Labute approximate surface area is 101 Å². The molecule has 0 spiro atoms. The van der Waals surface area contributed by atoms with Gasteiger partial charge in [-0.1, -0.05) is 0 Å². The van der Waals surface area contributed by atoms with E-state index in [-0.39, 0.29) is 12.1 Å². The average Bonchev–Trinajstić information content (AvgIpc) is 2.30. The van der Waals surface area contributed by atoms with E-state index in [0.29, 0.717) is 0 Å². The van der Waals surface area contributed by atoms with Crippen LogP contribution in [0, 0.1) is 11.6 Å². The van der Waals surface area contributed by atoms with Crippen molar-refractivity contribution < 1.29 is 28.2 Å². The summed E-state index contributed by atoms with van der Waals surface area (Å²) in [5.41, 5.74) is 0.00147. The highest BCUT2D eigenvalue weighted by atomic mass is 19.1. The summed E-state index contributed by atoms with van der Waals surface area (Å²) in [7, 11) is 0. The Morgan fingerprint density at radius 3 is 2.67 bits per heavy atom. The molecule has 5 nitrogen and oxygen atoms in total. The smallest absolute Gasteiger partial charge is 0.329 e. The van der Waals surface area contributed by atoms with Gasteiger partial charge in [-0.2, -0.15) is 0 Å². The number of nitrogens with one attached hydrogen (secondary N) is 1. The van der Waals surface area contributed by atoms with Crippen LogP contribution in [0.2, 0.25) is 0 Å². The van der Waals surface area contributed by atoms with Crippen molar-refractivity contribution in [3.8, 4) is 0 Å². The standard InChI is InChI=1S/C11H11F2NO4/c12-8-1-2-9(13)7(3-8)4-14-10(15)5-18-6-11(16)17/h1-3H,4-6H2,(H,14,15)(H,16,17). The number of hydrogen-bond donors (Lipinski definition) is 2. The summed E-state index contributed by atoms with van der Waals surface area (Å²) in [6.07, 6.45) is 0. The molecular formula is C11H11F2NO4. The number of hydrogen-bond acceptors (Lipinski definition) is 3. The van der Waals surface area contributed by atoms with Gasteiger partial charge in [-0.05, 0) is 18.2 Å². The largest absolute Gasteiger partial charge is 0.480 e.